The molecule has 0 aliphatic carbocycles. The summed E-state index contributed by atoms with van der Waals surface area (Å²) < 4.78 is 23.4. The number of benzene rings is 2. The van der Waals surface area contributed by atoms with Crippen LogP contribution in [0, 0.1) is 0 Å². The third-order valence-corrected chi connectivity index (χ3v) is 6.92. The van der Waals surface area contributed by atoms with E-state index in [1.807, 2.05) is 45.0 Å². The Labute approximate surface area is 239 Å². The molecule has 1 saturated heterocycles. The van der Waals surface area contributed by atoms with E-state index in [-0.39, 0.29) is 17.9 Å². The van der Waals surface area contributed by atoms with E-state index in [1.54, 1.807) is 35.0 Å². The van der Waals surface area contributed by atoms with Gasteiger partial charge in [-0.2, -0.15) is 5.10 Å². The van der Waals surface area contributed by atoms with Crippen molar-refractivity contribution in [3.63, 3.8) is 0 Å². The minimum atomic E-state index is -0.572. The van der Waals surface area contributed by atoms with Crippen LogP contribution in [0.3, 0.4) is 0 Å². The van der Waals surface area contributed by atoms with Crippen LogP contribution in [-0.2, 0) is 4.74 Å². The number of anilines is 1. The molecule has 4 rings (SSSR count). The predicted molar refractivity (Wildman–Crippen MR) is 152 cm³/mol. The van der Waals surface area contributed by atoms with Gasteiger partial charge in [-0.15, -0.1) is 0 Å². The summed E-state index contributed by atoms with van der Waals surface area (Å²) in [6.07, 6.45) is 2.50. The van der Waals surface area contributed by atoms with Gasteiger partial charge in [0.25, 0.3) is 5.91 Å². The summed E-state index contributed by atoms with van der Waals surface area (Å²) in [7, 11) is 4.62. The molecule has 2 heterocycles. The van der Waals surface area contributed by atoms with E-state index in [0.29, 0.717) is 59.5 Å². The number of nitrogens with one attached hydrogen (secondary N) is 1. The molecule has 1 N–H and O–H groups in total. The summed E-state index contributed by atoms with van der Waals surface area (Å²) in [6.45, 7) is 6.54. The molecule has 1 fully saturated rings. The molecule has 214 valence electrons. The third kappa shape index (κ3) is 6.44. The number of aromatic nitrogens is 2. The van der Waals surface area contributed by atoms with Gasteiger partial charge in [-0.05, 0) is 63.9 Å². The molecule has 0 bridgehead atoms. The normalized spacial score (nSPS) is 14.0. The van der Waals surface area contributed by atoms with Crippen LogP contribution < -0.4 is 19.5 Å². The second kappa shape index (κ2) is 12.1. The second-order valence-electron chi connectivity index (χ2n) is 10.4. The van der Waals surface area contributed by atoms with Crippen LogP contribution in [0.1, 0.15) is 55.6 Å². The molecule has 0 spiro atoms. The highest BCUT2D eigenvalue weighted by molar-refractivity contribution is 6.32. The number of likely N-dealkylation sites (tertiary alicyclic amines) is 1. The fourth-order valence-electron chi connectivity index (χ4n) is 4.66. The van der Waals surface area contributed by atoms with Gasteiger partial charge in [-0.25, -0.2) is 9.48 Å². The minimum Gasteiger partial charge on any atom is -0.497 e. The number of halogens is 1. The highest BCUT2D eigenvalue weighted by Crippen LogP contribution is 2.37. The van der Waals surface area contributed by atoms with E-state index in [4.69, 9.17) is 30.5 Å². The number of rotatable bonds is 7. The lowest BCUT2D eigenvalue weighted by Crippen LogP contribution is -2.41. The fourth-order valence-corrected chi connectivity index (χ4v) is 4.91. The summed E-state index contributed by atoms with van der Waals surface area (Å²) >= 11 is 6.33. The largest absolute Gasteiger partial charge is 0.497 e. The van der Waals surface area contributed by atoms with Gasteiger partial charge in [0, 0.05) is 25.1 Å². The monoisotopic (exact) mass is 570 g/mol. The zero-order valence-electron chi connectivity index (χ0n) is 23.6. The maximum Gasteiger partial charge on any atom is 0.410 e. The number of hydrogen-bond acceptors (Lipinski definition) is 7. The van der Waals surface area contributed by atoms with Crippen molar-refractivity contribution in [3.8, 4) is 22.9 Å². The molecule has 2 amide bonds. The Hall–Kier alpha value is -3.92. The molecule has 2 aromatic carbocycles. The lowest BCUT2D eigenvalue weighted by Gasteiger charge is -2.34. The summed E-state index contributed by atoms with van der Waals surface area (Å²) in [4.78, 5) is 28.0. The zero-order valence-corrected chi connectivity index (χ0v) is 24.4. The van der Waals surface area contributed by atoms with E-state index in [1.165, 1.54) is 14.2 Å². The Morgan fingerprint density at radius 1 is 0.975 bits per heavy atom. The van der Waals surface area contributed by atoms with Gasteiger partial charge in [-0.1, -0.05) is 11.6 Å². The fraction of sp³-hybridized carbons (Fsp3) is 0.414. The molecule has 0 radical (unpaired) electrons. The number of methoxy groups -OCH3 is 3. The first-order valence-electron chi connectivity index (χ1n) is 13.0. The van der Waals surface area contributed by atoms with Crippen molar-refractivity contribution < 1.29 is 28.5 Å². The smallest absolute Gasteiger partial charge is 0.410 e. The summed E-state index contributed by atoms with van der Waals surface area (Å²) in [5.41, 5.74) is 1.79. The topological polar surface area (TPSA) is 104 Å². The standard InChI is InChI=1S/C29H35ClN4O6/c1-29(2,3)40-28(36)33-13-11-18(12-14-33)26-21(17-31-34(26)19-7-9-20(37-4)10-8-19)27(35)32-23-15-22(30)24(38-5)16-25(23)39-6/h7-10,15-18H,11-14H2,1-6H3,(H,32,35). The van der Waals surface area contributed by atoms with Crippen LogP contribution in [0.4, 0.5) is 10.5 Å². The van der Waals surface area contributed by atoms with Crippen molar-refractivity contribution in [2.24, 2.45) is 0 Å². The summed E-state index contributed by atoms with van der Waals surface area (Å²) in [5.74, 6) is 1.16. The van der Waals surface area contributed by atoms with Gasteiger partial charge in [-0.3, -0.25) is 4.79 Å². The molecule has 0 saturated carbocycles. The minimum absolute atomic E-state index is 0.0367. The average Bonchev–Trinajstić information content (AvgIpc) is 3.38. The van der Waals surface area contributed by atoms with Crippen LogP contribution in [-0.4, -0.2) is 66.7 Å². The van der Waals surface area contributed by atoms with Gasteiger partial charge in [0.05, 0.1) is 55.2 Å². The molecule has 1 aliphatic rings. The van der Waals surface area contributed by atoms with E-state index in [9.17, 15) is 9.59 Å². The van der Waals surface area contributed by atoms with Crippen molar-refractivity contribution in [1.82, 2.24) is 14.7 Å². The predicted octanol–water partition coefficient (Wildman–Crippen LogP) is 5.92. The number of hydrogen-bond donors (Lipinski definition) is 1. The van der Waals surface area contributed by atoms with E-state index < -0.39 is 5.60 Å². The third-order valence-electron chi connectivity index (χ3n) is 6.62. The van der Waals surface area contributed by atoms with Crippen LogP contribution in [0.15, 0.2) is 42.6 Å². The van der Waals surface area contributed by atoms with Crippen LogP contribution in [0.5, 0.6) is 17.2 Å². The Kier molecular flexibility index (Phi) is 8.78. The van der Waals surface area contributed by atoms with Crippen molar-refractivity contribution in [2.75, 3.05) is 39.7 Å². The summed E-state index contributed by atoms with van der Waals surface area (Å²) in [5, 5.41) is 7.86. The lowest BCUT2D eigenvalue weighted by molar-refractivity contribution is 0.0203. The highest BCUT2D eigenvalue weighted by atomic mass is 35.5. The average molecular weight is 571 g/mol. The lowest BCUT2D eigenvalue weighted by atomic mass is 9.90. The van der Waals surface area contributed by atoms with Gasteiger partial charge >= 0.3 is 6.09 Å². The van der Waals surface area contributed by atoms with Crippen molar-refractivity contribution >= 4 is 29.3 Å². The van der Waals surface area contributed by atoms with Gasteiger partial charge < -0.3 is 29.2 Å². The Morgan fingerprint density at radius 3 is 2.20 bits per heavy atom. The number of carbonyl (C=O) groups is 2. The second-order valence-corrected chi connectivity index (χ2v) is 10.8. The van der Waals surface area contributed by atoms with Crippen LogP contribution in [0.25, 0.3) is 5.69 Å². The molecular weight excluding hydrogens is 536 g/mol. The first-order chi connectivity index (χ1) is 19.0. The van der Waals surface area contributed by atoms with Crippen molar-refractivity contribution in [1.29, 1.82) is 0 Å². The van der Waals surface area contributed by atoms with E-state index in [0.717, 1.165) is 11.4 Å². The molecule has 10 nitrogen and oxygen atoms in total. The van der Waals surface area contributed by atoms with Crippen molar-refractivity contribution in [3.05, 3.63) is 58.9 Å². The Balaban J connectivity index is 1.66. The molecule has 0 unspecified atom stereocenters. The molecule has 1 aromatic heterocycles. The molecule has 0 atom stereocenters. The van der Waals surface area contributed by atoms with Gasteiger partial charge in [0.15, 0.2) is 0 Å². The number of amides is 2. The maximum atomic E-state index is 13.7. The Morgan fingerprint density at radius 2 is 1.62 bits per heavy atom. The molecule has 3 aromatic rings. The first-order valence-corrected chi connectivity index (χ1v) is 13.4. The van der Waals surface area contributed by atoms with Crippen molar-refractivity contribution in [2.45, 2.75) is 45.1 Å². The molecule has 1 aliphatic heterocycles. The van der Waals surface area contributed by atoms with Crippen LogP contribution in [0.2, 0.25) is 5.02 Å². The zero-order chi connectivity index (χ0) is 29.0. The Bertz CT molecular complexity index is 1360. The number of ether oxygens (including phenoxy) is 4. The number of piperidine rings is 1. The van der Waals surface area contributed by atoms with E-state index in [2.05, 4.69) is 10.4 Å². The molecular formula is C29H35ClN4O6. The van der Waals surface area contributed by atoms with Crippen LogP contribution >= 0.6 is 11.6 Å². The van der Waals surface area contributed by atoms with Gasteiger partial charge in [0.1, 0.15) is 22.8 Å². The number of carbonyl (C=O) groups excluding carboxylic acids is 2. The first kappa shape index (κ1) is 29.1. The SMILES string of the molecule is COc1ccc(-n2ncc(C(=O)Nc3cc(Cl)c(OC)cc3OC)c2C2CCN(C(=O)OC(C)(C)C)CC2)cc1. The van der Waals surface area contributed by atoms with E-state index >= 15 is 0 Å². The van der Waals surface area contributed by atoms with Gasteiger partial charge in [0.2, 0.25) is 0 Å². The summed E-state index contributed by atoms with van der Waals surface area (Å²) in [6, 6.07) is 10.7. The number of nitrogens with zero attached hydrogens (tertiary/aromatic N) is 3. The highest BCUT2D eigenvalue weighted by Gasteiger charge is 2.32. The maximum absolute atomic E-state index is 13.7. The molecule has 11 heteroatoms. The molecule has 40 heavy (non-hydrogen) atoms. The quantitative estimate of drug-likeness (QED) is 0.376.